The van der Waals surface area contributed by atoms with Crippen LogP contribution in [0, 0.1) is 26.7 Å². The minimum Gasteiger partial charge on any atom is -0.497 e. The number of ether oxygens (including phenoxy) is 1. The zero-order valence-electron chi connectivity index (χ0n) is 19.0. The predicted molar refractivity (Wildman–Crippen MR) is 123 cm³/mol. The van der Waals surface area contributed by atoms with Gasteiger partial charge < -0.3 is 4.74 Å². The monoisotopic (exact) mass is 428 g/mol. The second-order valence-corrected chi connectivity index (χ2v) is 8.66. The number of hydrogen-bond acceptors (Lipinski definition) is 5. The van der Waals surface area contributed by atoms with Crippen LogP contribution >= 0.6 is 0 Å². The van der Waals surface area contributed by atoms with Gasteiger partial charge in [0.05, 0.1) is 24.2 Å². The smallest absolute Gasteiger partial charge is 0.157 e. The quantitative estimate of drug-likeness (QED) is 0.435. The Morgan fingerprint density at radius 2 is 1.78 bits per heavy atom. The standard InChI is InChI=1S/C25H28N6O/c1-16-11-17(2)31(28-16)24-13-21(26-15-27-24)12-23-18(3)25(29-30(23)14-19-5-6-19)20-7-9-22(32-4)10-8-20/h7-11,13,15,19H,5-6,12,14H2,1-4H3. The van der Waals surface area contributed by atoms with Crippen LogP contribution < -0.4 is 4.74 Å². The molecular formula is C25H28N6O. The van der Waals surface area contributed by atoms with Gasteiger partial charge in [-0.25, -0.2) is 14.6 Å². The van der Waals surface area contributed by atoms with Gasteiger partial charge in [0.15, 0.2) is 5.82 Å². The molecule has 1 saturated carbocycles. The van der Waals surface area contributed by atoms with E-state index in [2.05, 4.69) is 44.9 Å². The minimum atomic E-state index is 0.705. The van der Waals surface area contributed by atoms with E-state index in [1.807, 2.05) is 36.7 Å². The molecule has 1 aliphatic rings. The summed E-state index contributed by atoms with van der Waals surface area (Å²) in [5, 5.41) is 9.59. The Labute approximate surface area is 188 Å². The van der Waals surface area contributed by atoms with Gasteiger partial charge in [-0.15, -0.1) is 0 Å². The highest BCUT2D eigenvalue weighted by molar-refractivity contribution is 5.65. The molecule has 0 saturated heterocycles. The van der Waals surface area contributed by atoms with E-state index < -0.39 is 0 Å². The lowest BCUT2D eigenvalue weighted by molar-refractivity contribution is 0.415. The summed E-state index contributed by atoms with van der Waals surface area (Å²) in [6.07, 6.45) is 4.90. The highest BCUT2D eigenvalue weighted by Crippen LogP contribution is 2.34. The van der Waals surface area contributed by atoms with Crippen molar-refractivity contribution < 1.29 is 4.74 Å². The second-order valence-electron chi connectivity index (χ2n) is 8.66. The molecule has 0 spiro atoms. The Morgan fingerprint density at radius 3 is 2.44 bits per heavy atom. The topological polar surface area (TPSA) is 70.7 Å². The Bertz CT molecular complexity index is 1250. The molecule has 0 amide bonds. The van der Waals surface area contributed by atoms with Crippen LogP contribution in [0.5, 0.6) is 5.75 Å². The SMILES string of the molecule is COc1ccc(-c2nn(CC3CC3)c(Cc3cc(-n4nc(C)cc4C)ncn3)c2C)cc1. The molecule has 32 heavy (non-hydrogen) atoms. The van der Waals surface area contributed by atoms with Crippen molar-refractivity contribution >= 4 is 0 Å². The Morgan fingerprint density at radius 1 is 1.00 bits per heavy atom. The molecule has 4 aromatic rings. The molecule has 1 aliphatic carbocycles. The average molecular weight is 429 g/mol. The van der Waals surface area contributed by atoms with E-state index in [4.69, 9.17) is 9.84 Å². The molecule has 164 valence electrons. The fraction of sp³-hybridized carbons (Fsp3) is 0.360. The number of benzene rings is 1. The molecule has 7 heteroatoms. The Hall–Kier alpha value is -3.48. The van der Waals surface area contributed by atoms with Crippen LogP contribution in [-0.2, 0) is 13.0 Å². The highest BCUT2D eigenvalue weighted by atomic mass is 16.5. The molecular weight excluding hydrogens is 400 g/mol. The largest absolute Gasteiger partial charge is 0.497 e. The normalized spacial score (nSPS) is 13.5. The lowest BCUT2D eigenvalue weighted by Gasteiger charge is -2.09. The van der Waals surface area contributed by atoms with E-state index in [0.717, 1.165) is 52.4 Å². The average Bonchev–Trinajstić information content (AvgIpc) is 3.48. The molecule has 0 bridgehead atoms. The van der Waals surface area contributed by atoms with Gasteiger partial charge >= 0.3 is 0 Å². The summed E-state index contributed by atoms with van der Waals surface area (Å²) in [6.45, 7) is 7.15. The third kappa shape index (κ3) is 4.02. The maximum atomic E-state index is 5.31. The number of aryl methyl sites for hydroxylation is 2. The summed E-state index contributed by atoms with van der Waals surface area (Å²) in [5.41, 5.74) is 7.53. The molecule has 0 aliphatic heterocycles. The third-order valence-corrected chi connectivity index (χ3v) is 6.10. The first kappa shape index (κ1) is 20.4. The van der Waals surface area contributed by atoms with E-state index in [-0.39, 0.29) is 0 Å². The summed E-state index contributed by atoms with van der Waals surface area (Å²) in [5.74, 6) is 2.37. The van der Waals surface area contributed by atoms with E-state index in [1.165, 1.54) is 24.1 Å². The van der Waals surface area contributed by atoms with Crippen molar-refractivity contribution in [3.8, 4) is 22.8 Å². The molecule has 0 radical (unpaired) electrons. The molecule has 3 aromatic heterocycles. The first-order valence-corrected chi connectivity index (χ1v) is 11.1. The summed E-state index contributed by atoms with van der Waals surface area (Å²) < 4.78 is 9.38. The molecule has 7 nitrogen and oxygen atoms in total. The van der Waals surface area contributed by atoms with E-state index in [9.17, 15) is 0 Å². The zero-order valence-corrected chi connectivity index (χ0v) is 19.0. The van der Waals surface area contributed by atoms with Crippen molar-refractivity contribution in [1.82, 2.24) is 29.5 Å². The van der Waals surface area contributed by atoms with Crippen LogP contribution in [0.15, 0.2) is 42.7 Å². The first-order valence-electron chi connectivity index (χ1n) is 11.1. The number of nitrogens with zero attached hydrogens (tertiary/aromatic N) is 6. The molecule has 5 rings (SSSR count). The van der Waals surface area contributed by atoms with Crippen molar-refractivity contribution in [2.45, 2.75) is 46.6 Å². The predicted octanol–water partition coefficient (Wildman–Crippen LogP) is 4.46. The van der Waals surface area contributed by atoms with E-state index >= 15 is 0 Å². The molecule has 1 aromatic carbocycles. The maximum absolute atomic E-state index is 5.31. The van der Waals surface area contributed by atoms with Crippen LogP contribution in [0.1, 0.15) is 41.2 Å². The molecule has 0 N–H and O–H groups in total. The fourth-order valence-corrected chi connectivity index (χ4v) is 4.16. The van der Waals surface area contributed by atoms with Crippen molar-refractivity contribution in [3.05, 3.63) is 71.1 Å². The maximum Gasteiger partial charge on any atom is 0.157 e. The van der Waals surface area contributed by atoms with Crippen molar-refractivity contribution in [2.24, 2.45) is 5.92 Å². The second kappa shape index (κ2) is 8.22. The number of hydrogen-bond donors (Lipinski definition) is 0. The van der Waals surface area contributed by atoms with Crippen LogP contribution in [0.4, 0.5) is 0 Å². The van der Waals surface area contributed by atoms with Crippen LogP contribution in [0.3, 0.4) is 0 Å². The van der Waals surface area contributed by atoms with Gasteiger partial charge in [-0.1, -0.05) is 0 Å². The van der Waals surface area contributed by atoms with Crippen molar-refractivity contribution in [3.63, 3.8) is 0 Å². The minimum absolute atomic E-state index is 0.705. The van der Waals surface area contributed by atoms with E-state index in [0.29, 0.717) is 6.42 Å². The van der Waals surface area contributed by atoms with Gasteiger partial charge in [-0.3, -0.25) is 4.68 Å². The number of rotatable bonds is 7. The summed E-state index contributed by atoms with van der Waals surface area (Å²) in [7, 11) is 1.69. The van der Waals surface area contributed by atoms with Crippen LogP contribution in [0.25, 0.3) is 17.1 Å². The summed E-state index contributed by atoms with van der Waals surface area (Å²) >= 11 is 0. The van der Waals surface area contributed by atoms with Gasteiger partial charge in [0.25, 0.3) is 0 Å². The highest BCUT2D eigenvalue weighted by Gasteiger charge is 2.25. The Kier molecular flexibility index (Phi) is 5.25. The van der Waals surface area contributed by atoms with Crippen molar-refractivity contribution in [2.75, 3.05) is 7.11 Å². The number of methoxy groups -OCH3 is 1. The summed E-state index contributed by atoms with van der Waals surface area (Å²) in [4.78, 5) is 9.02. The first-order chi connectivity index (χ1) is 15.5. The zero-order chi connectivity index (χ0) is 22.2. The summed E-state index contributed by atoms with van der Waals surface area (Å²) in [6, 6.07) is 12.2. The number of aromatic nitrogens is 6. The lowest BCUT2D eigenvalue weighted by atomic mass is 10.0. The molecule has 0 atom stereocenters. The van der Waals surface area contributed by atoms with Gasteiger partial charge in [-0.2, -0.15) is 10.2 Å². The van der Waals surface area contributed by atoms with E-state index in [1.54, 1.807) is 13.4 Å². The Balaban J connectivity index is 1.50. The van der Waals surface area contributed by atoms with Gasteiger partial charge in [0.1, 0.15) is 12.1 Å². The van der Waals surface area contributed by atoms with Gasteiger partial charge in [-0.05, 0) is 75.4 Å². The van der Waals surface area contributed by atoms with Crippen molar-refractivity contribution in [1.29, 1.82) is 0 Å². The molecule has 0 unspecified atom stereocenters. The molecule has 3 heterocycles. The van der Waals surface area contributed by atoms with Gasteiger partial charge in [0, 0.05) is 36.0 Å². The van der Waals surface area contributed by atoms with Crippen LogP contribution in [0.2, 0.25) is 0 Å². The lowest BCUT2D eigenvalue weighted by Crippen LogP contribution is -2.10. The van der Waals surface area contributed by atoms with Gasteiger partial charge in [0.2, 0.25) is 0 Å². The fourth-order valence-electron chi connectivity index (χ4n) is 4.16. The third-order valence-electron chi connectivity index (χ3n) is 6.10. The van der Waals surface area contributed by atoms with Crippen LogP contribution in [-0.4, -0.2) is 36.6 Å². The molecule has 1 fully saturated rings.